The van der Waals surface area contributed by atoms with E-state index in [0.29, 0.717) is 36.8 Å². The summed E-state index contributed by atoms with van der Waals surface area (Å²) in [5.41, 5.74) is 4.06. The summed E-state index contributed by atoms with van der Waals surface area (Å²) in [5, 5.41) is 2.84. The van der Waals surface area contributed by atoms with E-state index in [-0.39, 0.29) is 12.5 Å². The van der Waals surface area contributed by atoms with Crippen LogP contribution in [0.3, 0.4) is 0 Å². The Morgan fingerprint density at radius 1 is 0.943 bits per heavy atom. The topological polar surface area (TPSA) is 84.9 Å². The number of rotatable bonds is 11. The van der Waals surface area contributed by atoms with E-state index >= 15 is 0 Å². The number of anilines is 1. The average Bonchev–Trinajstić information content (AvgIpc) is 2.83. The number of amides is 1. The van der Waals surface area contributed by atoms with Gasteiger partial charge in [0.2, 0.25) is 10.0 Å². The molecule has 3 aromatic rings. The van der Waals surface area contributed by atoms with Gasteiger partial charge in [0.05, 0.1) is 31.6 Å². The third-order valence-corrected chi connectivity index (χ3v) is 6.64. The maximum Gasteiger partial charge on any atom is 0.251 e. The molecule has 0 spiro atoms. The molecule has 186 valence electrons. The van der Waals surface area contributed by atoms with Crippen LogP contribution in [0.15, 0.2) is 66.7 Å². The zero-order chi connectivity index (χ0) is 25.4. The van der Waals surface area contributed by atoms with Crippen molar-refractivity contribution in [3.63, 3.8) is 0 Å². The molecule has 0 unspecified atom stereocenters. The predicted molar refractivity (Wildman–Crippen MR) is 139 cm³/mol. The smallest absolute Gasteiger partial charge is 0.251 e. The highest BCUT2D eigenvalue weighted by Gasteiger charge is 2.21. The van der Waals surface area contributed by atoms with Gasteiger partial charge in [0.25, 0.3) is 5.91 Å². The number of nitrogens with zero attached hydrogens (tertiary/aromatic N) is 1. The maximum absolute atomic E-state index is 12.5. The van der Waals surface area contributed by atoms with E-state index in [1.807, 2.05) is 39.0 Å². The van der Waals surface area contributed by atoms with Gasteiger partial charge in [-0.25, -0.2) is 8.42 Å². The van der Waals surface area contributed by atoms with Gasteiger partial charge in [0.15, 0.2) is 0 Å². The number of benzene rings is 3. The highest BCUT2D eigenvalue weighted by atomic mass is 32.2. The Kier molecular flexibility index (Phi) is 8.76. The van der Waals surface area contributed by atoms with Crippen molar-refractivity contribution in [1.29, 1.82) is 0 Å². The first-order chi connectivity index (χ1) is 16.7. The molecule has 3 aromatic carbocycles. The summed E-state index contributed by atoms with van der Waals surface area (Å²) < 4.78 is 37.7. The van der Waals surface area contributed by atoms with Crippen molar-refractivity contribution in [2.24, 2.45) is 0 Å². The molecule has 8 heteroatoms. The summed E-state index contributed by atoms with van der Waals surface area (Å²) in [7, 11) is -3.57. The summed E-state index contributed by atoms with van der Waals surface area (Å²) in [4.78, 5) is 12.5. The Labute approximate surface area is 207 Å². The molecule has 0 bridgehead atoms. The van der Waals surface area contributed by atoms with Crippen LogP contribution in [-0.2, 0) is 16.6 Å². The monoisotopic (exact) mass is 496 g/mol. The van der Waals surface area contributed by atoms with Crippen molar-refractivity contribution in [1.82, 2.24) is 5.32 Å². The molecule has 0 heterocycles. The van der Waals surface area contributed by atoms with Crippen LogP contribution in [0.5, 0.6) is 11.5 Å². The number of sulfonamides is 1. The second-order valence-corrected chi connectivity index (χ2v) is 10.1. The molecular weight excluding hydrogens is 464 g/mol. The highest BCUT2D eigenvalue weighted by Crippen LogP contribution is 2.31. The number of para-hydroxylation sites is 2. The molecule has 0 fully saturated rings. The van der Waals surface area contributed by atoms with Gasteiger partial charge in [-0.2, -0.15) is 0 Å². The Bertz CT molecular complexity index is 1260. The third-order valence-electron chi connectivity index (χ3n) is 5.51. The standard InChI is InChI=1S/C27H32N2O5S/c1-5-33-26-9-7-6-8-25(26)29(35(4,31)32)19-22-11-13-23(14-12-22)27(30)28-16-17-34-24-15-10-20(2)21(3)18-24/h6-15,18H,5,16-17,19H2,1-4H3,(H,28,30). The molecule has 0 atom stereocenters. The largest absolute Gasteiger partial charge is 0.492 e. The minimum absolute atomic E-state index is 0.120. The molecule has 0 saturated carbocycles. The van der Waals surface area contributed by atoms with E-state index < -0.39 is 10.0 Å². The average molecular weight is 497 g/mol. The van der Waals surface area contributed by atoms with Crippen LogP contribution in [0.4, 0.5) is 5.69 Å². The van der Waals surface area contributed by atoms with Gasteiger partial charge in [0, 0.05) is 5.56 Å². The summed E-state index contributed by atoms with van der Waals surface area (Å²) in [5.74, 6) is 1.05. The van der Waals surface area contributed by atoms with Crippen LogP contribution in [0, 0.1) is 13.8 Å². The SMILES string of the molecule is CCOc1ccccc1N(Cc1ccc(C(=O)NCCOc2ccc(C)c(C)c2)cc1)S(C)(=O)=O. The van der Waals surface area contributed by atoms with Crippen LogP contribution in [0.25, 0.3) is 0 Å². The first-order valence-electron chi connectivity index (χ1n) is 11.5. The minimum atomic E-state index is -3.57. The Hall–Kier alpha value is -3.52. The van der Waals surface area contributed by atoms with E-state index in [2.05, 4.69) is 5.32 Å². The first-order valence-corrected chi connectivity index (χ1v) is 13.3. The van der Waals surface area contributed by atoms with Gasteiger partial charge in [-0.15, -0.1) is 0 Å². The van der Waals surface area contributed by atoms with E-state index in [1.165, 1.54) is 9.87 Å². The van der Waals surface area contributed by atoms with Crippen LogP contribution >= 0.6 is 0 Å². The van der Waals surface area contributed by atoms with Crippen molar-refractivity contribution in [3.8, 4) is 11.5 Å². The van der Waals surface area contributed by atoms with Gasteiger partial charge < -0.3 is 14.8 Å². The first kappa shape index (κ1) is 26.1. The fourth-order valence-corrected chi connectivity index (χ4v) is 4.38. The number of aryl methyl sites for hydroxylation is 2. The van der Waals surface area contributed by atoms with Crippen LogP contribution in [0.2, 0.25) is 0 Å². The molecule has 0 aromatic heterocycles. The quantitative estimate of drug-likeness (QED) is 0.396. The van der Waals surface area contributed by atoms with Crippen molar-refractivity contribution in [2.45, 2.75) is 27.3 Å². The van der Waals surface area contributed by atoms with E-state index in [4.69, 9.17) is 9.47 Å². The lowest BCUT2D eigenvalue weighted by Gasteiger charge is -2.24. The fraction of sp³-hybridized carbons (Fsp3) is 0.296. The maximum atomic E-state index is 12.5. The Morgan fingerprint density at radius 2 is 1.66 bits per heavy atom. The predicted octanol–water partition coefficient (Wildman–Crippen LogP) is 4.48. The highest BCUT2D eigenvalue weighted by molar-refractivity contribution is 7.92. The number of ether oxygens (including phenoxy) is 2. The molecule has 0 saturated heterocycles. The van der Waals surface area contributed by atoms with E-state index in [0.717, 1.165) is 23.1 Å². The zero-order valence-corrected chi connectivity index (χ0v) is 21.4. The summed E-state index contributed by atoms with van der Waals surface area (Å²) in [6.07, 6.45) is 1.16. The lowest BCUT2D eigenvalue weighted by Crippen LogP contribution is -2.30. The molecule has 0 aliphatic carbocycles. The summed E-state index contributed by atoms with van der Waals surface area (Å²) in [6.45, 7) is 7.19. The Morgan fingerprint density at radius 3 is 2.31 bits per heavy atom. The number of hydrogen-bond donors (Lipinski definition) is 1. The zero-order valence-electron chi connectivity index (χ0n) is 20.6. The molecule has 0 aliphatic rings. The second-order valence-electron chi connectivity index (χ2n) is 8.22. The molecule has 0 aliphatic heterocycles. The molecule has 1 N–H and O–H groups in total. The molecule has 7 nitrogen and oxygen atoms in total. The minimum Gasteiger partial charge on any atom is -0.492 e. The van der Waals surface area contributed by atoms with Crippen LogP contribution < -0.4 is 19.1 Å². The fourth-order valence-electron chi connectivity index (χ4n) is 3.49. The normalized spacial score (nSPS) is 11.1. The Balaban J connectivity index is 1.60. The van der Waals surface area contributed by atoms with Gasteiger partial charge in [-0.1, -0.05) is 30.3 Å². The summed E-state index contributed by atoms with van der Waals surface area (Å²) in [6, 6.07) is 19.8. The molecule has 3 rings (SSSR count). The number of hydrogen-bond acceptors (Lipinski definition) is 5. The van der Waals surface area contributed by atoms with Crippen LogP contribution in [0.1, 0.15) is 34.0 Å². The molecular formula is C27H32N2O5S. The van der Waals surface area contributed by atoms with Crippen molar-refractivity contribution >= 4 is 21.6 Å². The molecule has 35 heavy (non-hydrogen) atoms. The van der Waals surface area contributed by atoms with Gasteiger partial charge in [-0.05, 0) is 73.9 Å². The molecule has 0 radical (unpaired) electrons. The summed E-state index contributed by atoms with van der Waals surface area (Å²) >= 11 is 0. The van der Waals surface area contributed by atoms with Crippen molar-refractivity contribution in [3.05, 3.63) is 89.0 Å². The van der Waals surface area contributed by atoms with Gasteiger partial charge in [0.1, 0.15) is 18.1 Å². The lowest BCUT2D eigenvalue weighted by molar-refractivity contribution is 0.0947. The van der Waals surface area contributed by atoms with Crippen molar-refractivity contribution in [2.75, 3.05) is 30.3 Å². The second kappa shape index (κ2) is 11.8. The number of nitrogens with one attached hydrogen (secondary N) is 1. The van der Waals surface area contributed by atoms with Crippen LogP contribution in [-0.4, -0.2) is 40.3 Å². The lowest BCUT2D eigenvalue weighted by atomic mass is 10.1. The van der Waals surface area contributed by atoms with E-state index in [1.54, 1.807) is 48.5 Å². The van der Waals surface area contributed by atoms with Gasteiger partial charge >= 0.3 is 0 Å². The van der Waals surface area contributed by atoms with E-state index in [9.17, 15) is 13.2 Å². The third kappa shape index (κ3) is 7.23. The number of carbonyl (C=O) groups is 1. The van der Waals surface area contributed by atoms with Crippen molar-refractivity contribution < 1.29 is 22.7 Å². The number of carbonyl (C=O) groups excluding carboxylic acids is 1. The molecule has 1 amide bonds. The van der Waals surface area contributed by atoms with Gasteiger partial charge in [-0.3, -0.25) is 9.10 Å².